The normalized spacial score (nSPS) is 21.8. The molecule has 8 heteroatoms. The minimum absolute atomic E-state index is 0.0875. The number of pyridine rings is 2. The monoisotopic (exact) mass is 394 g/mol. The highest BCUT2D eigenvalue weighted by atomic mass is 16.2. The molecule has 4 heterocycles. The molecule has 8 nitrogen and oxygen atoms in total. The summed E-state index contributed by atoms with van der Waals surface area (Å²) in [4.78, 5) is 38.7. The molecule has 2 saturated heterocycles. The number of rotatable bonds is 4. The van der Waals surface area contributed by atoms with Gasteiger partial charge in [0.1, 0.15) is 11.4 Å². The van der Waals surface area contributed by atoms with Crippen molar-refractivity contribution >= 4 is 17.6 Å². The molecule has 29 heavy (non-hydrogen) atoms. The number of ketones is 1. The second kappa shape index (κ2) is 8.16. The van der Waals surface area contributed by atoms with Gasteiger partial charge in [-0.3, -0.25) is 9.78 Å². The van der Waals surface area contributed by atoms with Crippen molar-refractivity contribution in [3.05, 3.63) is 54.0 Å². The number of urea groups is 1. The summed E-state index contributed by atoms with van der Waals surface area (Å²) in [6.45, 7) is 5.61. The SMILES string of the molecule is Cc1ccc(C(=O)[C@@]2(NC(=O)N3CCN(c4ccccn4)CC3)CCNC2)cn1. The number of aromatic nitrogens is 2. The third-order valence-corrected chi connectivity index (χ3v) is 5.65. The zero-order chi connectivity index (χ0) is 20.3. The Kier molecular flexibility index (Phi) is 5.44. The molecule has 2 aliphatic rings. The maximum absolute atomic E-state index is 13.2. The van der Waals surface area contributed by atoms with Crippen LogP contribution in [0.4, 0.5) is 10.6 Å². The van der Waals surface area contributed by atoms with E-state index in [9.17, 15) is 9.59 Å². The van der Waals surface area contributed by atoms with Gasteiger partial charge < -0.3 is 20.4 Å². The second-order valence-corrected chi connectivity index (χ2v) is 7.62. The second-order valence-electron chi connectivity index (χ2n) is 7.62. The Morgan fingerprint density at radius 3 is 2.55 bits per heavy atom. The summed E-state index contributed by atoms with van der Waals surface area (Å²) >= 11 is 0. The summed E-state index contributed by atoms with van der Waals surface area (Å²) in [7, 11) is 0. The number of aryl methyl sites for hydroxylation is 1. The Balaban J connectivity index is 1.42. The van der Waals surface area contributed by atoms with Crippen molar-refractivity contribution in [3.63, 3.8) is 0 Å². The summed E-state index contributed by atoms with van der Waals surface area (Å²) in [6, 6.07) is 9.24. The Morgan fingerprint density at radius 1 is 1.10 bits per heavy atom. The largest absolute Gasteiger partial charge is 0.353 e. The fourth-order valence-corrected chi connectivity index (χ4v) is 3.89. The third-order valence-electron chi connectivity index (χ3n) is 5.65. The first-order valence-corrected chi connectivity index (χ1v) is 9.99. The van der Waals surface area contributed by atoms with Gasteiger partial charge in [0.15, 0.2) is 5.78 Å². The molecular formula is C21H26N6O2. The molecule has 0 spiro atoms. The Morgan fingerprint density at radius 2 is 1.93 bits per heavy atom. The number of amides is 2. The van der Waals surface area contributed by atoms with E-state index in [0.29, 0.717) is 51.3 Å². The van der Waals surface area contributed by atoms with Crippen molar-refractivity contribution in [2.75, 3.05) is 44.2 Å². The minimum Gasteiger partial charge on any atom is -0.353 e. The topological polar surface area (TPSA) is 90.5 Å². The lowest BCUT2D eigenvalue weighted by molar-refractivity contribution is 0.0862. The maximum Gasteiger partial charge on any atom is 0.318 e. The fraction of sp³-hybridized carbons (Fsp3) is 0.429. The van der Waals surface area contributed by atoms with E-state index in [1.807, 2.05) is 31.2 Å². The molecule has 0 aliphatic carbocycles. The van der Waals surface area contributed by atoms with Crippen LogP contribution in [0, 0.1) is 6.92 Å². The lowest BCUT2D eigenvalue weighted by Crippen LogP contribution is -2.61. The van der Waals surface area contributed by atoms with Crippen LogP contribution in [0.25, 0.3) is 0 Å². The van der Waals surface area contributed by atoms with Crippen LogP contribution in [0.3, 0.4) is 0 Å². The Bertz CT molecular complexity index is 856. The number of nitrogens with zero attached hydrogens (tertiary/aromatic N) is 4. The van der Waals surface area contributed by atoms with Gasteiger partial charge in [-0.25, -0.2) is 9.78 Å². The number of carbonyl (C=O) groups is 2. The third kappa shape index (κ3) is 4.07. The zero-order valence-electron chi connectivity index (χ0n) is 16.6. The highest BCUT2D eigenvalue weighted by molar-refractivity contribution is 6.05. The van der Waals surface area contributed by atoms with Gasteiger partial charge in [0.05, 0.1) is 0 Å². The molecule has 2 aromatic heterocycles. The average Bonchev–Trinajstić information content (AvgIpc) is 3.24. The van der Waals surface area contributed by atoms with Gasteiger partial charge in [-0.05, 0) is 44.2 Å². The molecule has 2 aromatic rings. The predicted molar refractivity (Wildman–Crippen MR) is 110 cm³/mol. The Hall–Kier alpha value is -3.00. The van der Waals surface area contributed by atoms with E-state index in [1.54, 1.807) is 23.4 Å². The van der Waals surface area contributed by atoms with E-state index >= 15 is 0 Å². The number of nitrogens with one attached hydrogen (secondary N) is 2. The van der Waals surface area contributed by atoms with Gasteiger partial charge in [-0.2, -0.15) is 0 Å². The van der Waals surface area contributed by atoms with Crippen LogP contribution in [0.1, 0.15) is 22.5 Å². The van der Waals surface area contributed by atoms with E-state index < -0.39 is 5.54 Å². The van der Waals surface area contributed by atoms with Gasteiger partial charge in [-0.15, -0.1) is 0 Å². The minimum atomic E-state index is -0.924. The van der Waals surface area contributed by atoms with Crippen LogP contribution in [0.2, 0.25) is 0 Å². The van der Waals surface area contributed by atoms with Gasteiger partial charge in [0.25, 0.3) is 0 Å². The first-order chi connectivity index (χ1) is 14.1. The number of hydrogen-bond donors (Lipinski definition) is 2. The van der Waals surface area contributed by atoms with Crippen molar-refractivity contribution in [2.45, 2.75) is 18.9 Å². The maximum atomic E-state index is 13.2. The summed E-state index contributed by atoms with van der Waals surface area (Å²) in [5, 5.41) is 6.26. The zero-order valence-corrected chi connectivity index (χ0v) is 16.6. The lowest BCUT2D eigenvalue weighted by Gasteiger charge is -2.37. The van der Waals surface area contributed by atoms with Crippen LogP contribution in [0.15, 0.2) is 42.7 Å². The molecule has 0 aromatic carbocycles. The predicted octanol–water partition coefficient (Wildman–Crippen LogP) is 1.23. The number of Topliss-reactive ketones (excluding diaryl/α,β-unsaturated/α-hetero) is 1. The van der Waals surface area contributed by atoms with Crippen LogP contribution >= 0.6 is 0 Å². The van der Waals surface area contributed by atoms with E-state index in [4.69, 9.17) is 0 Å². The van der Waals surface area contributed by atoms with E-state index in [2.05, 4.69) is 25.5 Å². The van der Waals surface area contributed by atoms with Crippen molar-refractivity contribution in [1.29, 1.82) is 0 Å². The van der Waals surface area contributed by atoms with Crippen molar-refractivity contribution in [2.24, 2.45) is 0 Å². The summed E-state index contributed by atoms with van der Waals surface area (Å²) in [5.74, 6) is 0.835. The quantitative estimate of drug-likeness (QED) is 0.758. The molecule has 4 rings (SSSR count). The van der Waals surface area contributed by atoms with Crippen molar-refractivity contribution in [1.82, 2.24) is 25.5 Å². The standard InChI is InChI=1S/C21H26N6O2/c1-16-5-6-17(14-24-16)19(28)21(7-9-22-15-21)25-20(29)27-12-10-26(11-13-27)18-4-2-3-8-23-18/h2-6,8,14,22H,7,9-13,15H2,1H3,(H,25,29)/t21-/m1/s1. The van der Waals surface area contributed by atoms with E-state index in [-0.39, 0.29) is 11.8 Å². The molecule has 0 unspecified atom stereocenters. The van der Waals surface area contributed by atoms with Crippen LogP contribution < -0.4 is 15.5 Å². The first-order valence-electron chi connectivity index (χ1n) is 9.99. The summed E-state index contributed by atoms with van der Waals surface area (Å²) in [6.07, 6.45) is 3.94. The molecular weight excluding hydrogens is 368 g/mol. The number of anilines is 1. The molecule has 0 radical (unpaired) electrons. The van der Waals surface area contributed by atoms with Gasteiger partial charge >= 0.3 is 6.03 Å². The summed E-state index contributed by atoms with van der Waals surface area (Å²) in [5.41, 5.74) is 0.459. The van der Waals surface area contributed by atoms with Gasteiger partial charge in [0.2, 0.25) is 0 Å². The highest BCUT2D eigenvalue weighted by Gasteiger charge is 2.44. The summed E-state index contributed by atoms with van der Waals surface area (Å²) < 4.78 is 0. The van der Waals surface area contributed by atoms with Crippen LogP contribution in [0.5, 0.6) is 0 Å². The van der Waals surface area contributed by atoms with E-state index in [0.717, 1.165) is 11.5 Å². The number of piperazine rings is 1. The number of hydrogen-bond acceptors (Lipinski definition) is 6. The van der Waals surface area contributed by atoms with Gasteiger partial charge in [0, 0.05) is 56.4 Å². The smallest absolute Gasteiger partial charge is 0.318 e. The first kappa shape index (κ1) is 19.3. The number of carbonyl (C=O) groups excluding carboxylic acids is 2. The molecule has 2 aliphatic heterocycles. The molecule has 1 atom stereocenters. The molecule has 2 fully saturated rings. The molecule has 152 valence electrons. The fourth-order valence-electron chi connectivity index (χ4n) is 3.89. The van der Waals surface area contributed by atoms with Crippen LogP contribution in [-0.4, -0.2) is 71.5 Å². The van der Waals surface area contributed by atoms with E-state index in [1.165, 1.54) is 0 Å². The lowest BCUT2D eigenvalue weighted by atomic mass is 9.89. The Labute approximate surface area is 170 Å². The molecule has 0 bridgehead atoms. The highest BCUT2D eigenvalue weighted by Crippen LogP contribution is 2.22. The molecule has 0 saturated carbocycles. The molecule has 2 N–H and O–H groups in total. The van der Waals surface area contributed by atoms with Crippen molar-refractivity contribution < 1.29 is 9.59 Å². The molecule has 2 amide bonds. The van der Waals surface area contributed by atoms with Crippen LogP contribution in [-0.2, 0) is 0 Å². The van der Waals surface area contributed by atoms with Gasteiger partial charge in [-0.1, -0.05) is 6.07 Å². The van der Waals surface area contributed by atoms with Crippen molar-refractivity contribution in [3.8, 4) is 0 Å². The average molecular weight is 394 g/mol.